The molecule has 0 spiro atoms. The Hall–Kier alpha value is -1.58. The zero-order chi connectivity index (χ0) is 10.1. The molecule has 4 heteroatoms. The van der Waals surface area contributed by atoms with Crippen LogP contribution in [0.3, 0.4) is 0 Å². The monoisotopic (exact) mass is 190 g/mol. The smallest absolute Gasteiger partial charge is 0.178 e. The molecule has 2 N–H and O–H groups in total. The highest BCUT2D eigenvalue weighted by molar-refractivity contribution is 5.67. The van der Waals surface area contributed by atoms with Gasteiger partial charge in [0.1, 0.15) is 5.69 Å². The van der Waals surface area contributed by atoms with Crippen LogP contribution in [-0.4, -0.2) is 14.6 Å². The Labute approximate surface area is 82.8 Å². The quantitative estimate of drug-likeness (QED) is 0.782. The SMILES string of the molecule is CCCc1nn2cc(C)cnc2c1N. The van der Waals surface area contributed by atoms with Crippen molar-refractivity contribution in [3.05, 3.63) is 23.7 Å². The zero-order valence-electron chi connectivity index (χ0n) is 8.49. The van der Waals surface area contributed by atoms with Gasteiger partial charge in [-0.1, -0.05) is 13.3 Å². The van der Waals surface area contributed by atoms with E-state index in [4.69, 9.17) is 5.73 Å². The number of aryl methyl sites for hydroxylation is 2. The Morgan fingerprint density at radius 3 is 3.00 bits per heavy atom. The average molecular weight is 190 g/mol. The molecule has 0 saturated carbocycles. The summed E-state index contributed by atoms with van der Waals surface area (Å²) >= 11 is 0. The van der Waals surface area contributed by atoms with E-state index in [1.165, 1.54) is 0 Å². The van der Waals surface area contributed by atoms with Gasteiger partial charge in [0.2, 0.25) is 0 Å². The van der Waals surface area contributed by atoms with Gasteiger partial charge in [-0.3, -0.25) is 0 Å². The molecule has 0 aromatic carbocycles. The van der Waals surface area contributed by atoms with E-state index in [-0.39, 0.29) is 0 Å². The summed E-state index contributed by atoms with van der Waals surface area (Å²) in [6, 6.07) is 0. The van der Waals surface area contributed by atoms with Gasteiger partial charge in [-0.05, 0) is 18.9 Å². The van der Waals surface area contributed by atoms with Crippen molar-refractivity contribution in [3.63, 3.8) is 0 Å². The molecule has 0 amide bonds. The van der Waals surface area contributed by atoms with Crippen LogP contribution in [0, 0.1) is 6.92 Å². The molecule has 0 fully saturated rings. The first kappa shape index (κ1) is 8.99. The summed E-state index contributed by atoms with van der Waals surface area (Å²) in [7, 11) is 0. The minimum atomic E-state index is 0.715. The van der Waals surface area contributed by atoms with Gasteiger partial charge in [-0.2, -0.15) is 5.10 Å². The Kier molecular flexibility index (Phi) is 2.11. The maximum Gasteiger partial charge on any atom is 0.178 e. The summed E-state index contributed by atoms with van der Waals surface area (Å²) in [4.78, 5) is 4.26. The lowest BCUT2D eigenvalue weighted by Gasteiger charge is -1.93. The van der Waals surface area contributed by atoms with E-state index < -0.39 is 0 Å². The summed E-state index contributed by atoms with van der Waals surface area (Å²) in [5.74, 6) is 0. The summed E-state index contributed by atoms with van der Waals surface area (Å²) in [5, 5.41) is 4.39. The lowest BCUT2D eigenvalue weighted by molar-refractivity contribution is 0.831. The highest BCUT2D eigenvalue weighted by Gasteiger charge is 2.09. The normalized spacial score (nSPS) is 11.0. The second-order valence-corrected chi connectivity index (χ2v) is 3.51. The van der Waals surface area contributed by atoms with Gasteiger partial charge in [0.05, 0.1) is 5.69 Å². The van der Waals surface area contributed by atoms with Crippen LogP contribution in [-0.2, 0) is 6.42 Å². The summed E-state index contributed by atoms with van der Waals surface area (Å²) in [6.07, 6.45) is 5.71. The van der Waals surface area contributed by atoms with Crippen molar-refractivity contribution in [2.45, 2.75) is 26.7 Å². The maximum atomic E-state index is 5.93. The number of hydrogen-bond acceptors (Lipinski definition) is 3. The van der Waals surface area contributed by atoms with E-state index in [0.29, 0.717) is 5.69 Å². The topological polar surface area (TPSA) is 56.2 Å². The van der Waals surface area contributed by atoms with Gasteiger partial charge in [-0.25, -0.2) is 9.50 Å². The molecule has 0 atom stereocenters. The minimum Gasteiger partial charge on any atom is -0.394 e. The first-order valence-electron chi connectivity index (χ1n) is 4.81. The maximum absolute atomic E-state index is 5.93. The van der Waals surface area contributed by atoms with Crippen molar-refractivity contribution in [2.75, 3.05) is 5.73 Å². The van der Waals surface area contributed by atoms with Crippen LogP contribution >= 0.6 is 0 Å². The fourth-order valence-electron chi connectivity index (χ4n) is 1.51. The summed E-state index contributed by atoms with van der Waals surface area (Å²) in [5.41, 5.74) is 9.44. The molecule has 4 nitrogen and oxygen atoms in total. The zero-order valence-corrected chi connectivity index (χ0v) is 8.49. The first-order valence-corrected chi connectivity index (χ1v) is 4.81. The fourth-order valence-corrected chi connectivity index (χ4v) is 1.51. The van der Waals surface area contributed by atoms with Crippen molar-refractivity contribution in [1.82, 2.24) is 14.6 Å². The molecule has 0 unspecified atom stereocenters. The number of fused-ring (bicyclic) bond motifs is 1. The van der Waals surface area contributed by atoms with E-state index in [2.05, 4.69) is 17.0 Å². The van der Waals surface area contributed by atoms with Gasteiger partial charge < -0.3 is 5.73 Å². The van der Waals surface area contributed by atoms with Crippen LogP contribution in [0.5, 0.6) is 0 Å². The molecular weight excluding hydrogens is 176 g/mol. The van der Waals surface area contributed by atoms with E-state index in [1.54, 1.807) is 4.52 Å². The van der Waals surface area contributed by atoms with Gasteiger partial charge in [0.15, 0.2) is 5.65 Å². The largest absolute Gasteiger partial charge is 0.394 e. The van der Waals surface area contributed by atoms with Gasteiger partial charge in [0.25, 0.3) is 0 Å². The molecule has 2 rings (SSSR count). The van der Waals surface area contributed by atoms with Crippen LogP contribution < -0.4 is 5.73 Å². The number of nitrogens with two attached hydrogens (primary N) is 1. The number of anilines is 1. The molecule has 2 aromatic heterocycles. The van der Waals surface area contributed by atoms with Crippen molar-refractivity contribution >= 4 is 11.3 Å². The molecule has 2 aromatic rings. The molecular formula is C10H14N4. The minimum absolute atomic E-state index is 0.715. The van der Waals surface area contributed by atoms with E-state index in [0.717, 1.165) is 29.7 Å². The average Bonchev–Trinajstić information content (AvgIpc) is 2.44. The Morgan fingerprint density at radius 2 is 2.29 bits per heavy atom. The van der Waals surface area contributed by atoms with Crippen LogP contribution in [0.4, 0.5) is 5.69 Å². The number of rotatable bonds is 2. The van der Waals surface area contributed by atoms with Crippen LogP contribution in [0.2, 0.25) is 0 Å². The van der Waals surface area contributed by atoms with Crippen molar-refractivity contribution in [2.24, 2.45) is 0 Å². The number of aromatic nitrogens is 3. The molecule has 0 saturated heterocycles. The van der Waals surface area contributed by atoms with E-state index in [1.807, 2.05) is 19.3 Å². The molecule has 14 heavy (non-hydrogen) atoms. The van der Waals surface area contributed by atoms with Crippen molar-refractivity contribution in [3.8, 4) is 0 Å². The molecule has 0 bridgehead atoms. The molecule has 74 valence electrons. The standard InChI is InChI=1S/C10H14N4/c1-3-4-8-9(11)10-12-5-7(2)6-14(10)13-8/h5-6H,3-4,11H2,1-2H3. The third kappa shape index (κ3) is 1.32. The lowest BCUT2D eigenvalue weighted by atomic mass is 10.2. The lowest BCUT2D eigenvalue weighted by Crippen LogP contribution is -1.92. The van der Waals surface area contributed by atoms with Gasteiger partial charge in [0, 0.05) is 12.4 Å². The van der Waals surface area contributed by atoms with Crippen molar-refractivity contribution < 1.29 is 0 Å². The summed E-state index contributed by atoms with van der Waals surface area (Å²) < 4.78 is 1.76. The predicted octanol–water partition coefficient (Wildman–Crippen LogP) is 1.57. The van der Waals surface area contributed by atoms with Crippen molar-refractivity contribution in [1.29, 1.82) is 0 Å². The second-order valence-electron chi connectivity index (χ2n) is 3.51. The Balaban J connectivity index is 2.61. The van der Waals surface area contributed by atoms with Gasteiger partial charge >= 0.3 is 0 Å². The fraction of sp³-hybridized carbons (Fsp3) is 0.400. The third-order valence-electron chi connectivity index (χ3n) is 2.20. The van der Waals surface area contributed by atoms with Crippen LogP contribution in [0.1, 0.15) is 24.6 Å². The molecule has 0 radical (unpaired) electrons. The number of hydrogen-bond donors (Lipinski definition) is 1. The molecule has 0 aliphatic rings. The molecule has 0 aliphatic heterocycles. The van der Waals surface area contributed by atoms with Crippen LogP contribution in [0.15, 0.2) is 12.4 Å². The number of nitrogens with zero attached hydrogens (tertiary/aromatic N) is 3. The van der Waals surface area contributed by atoms with Crippen LogP contribution in [0.25, 0.3) is 5.65 Å². The Bertz CT molecular complexity index is 458. The molecule has 2 heterocycles. The number of nitrogen functional groups attached to an aromatic ring is 1. The first-order chi connectivity index (χ1) is 6.72. The molecule has 0 aliphatic carbocycles. The second kappa shape index (κ2) is 3.29. The third-order valence-corrected chi connectivity index (χ3v) is 2.20. The predicted molar refractivity (Wildman–Crippen MR) is 56.1 cm³/mol. The summed E-state index contributed by atoms with van der Waals surface area (Å²) in [6.45, 7) is 4.10. The van der Waals surface area contributed by atoms with Gasteiger partial charge in [-0.15, -0.1) is 0 Å². The Morgan fingerprint density at radius 1 is 1.50 bits per heavy atom. The highest BCUT2D eigenvalue weighted by Crippen LogP contribution is 2.17. The van der Waals surface area contributed by atoms with E-state index >= 15 is 0 Å². The highest BCUT2D eigenvalue weighted by atomic mass is 15.3. The van der Waals surface area contributed by atoms with E-state index in [9.17, 15) is 0 Å².